The quantitative estimate of drug-likeness (QED) is 0.459. The molecule has 1 atom stereocenters. The van der Waals surface area contributed by atoms with Crippen LogP contribution in [0.3, 0.4) is 0 Å². The summed E-state index contributed by atoms with van der Waals surface area (Å²) in [5.41, 5.74) is 1.08. The molecule has 3 aromatic rings. The fourth-order valence-corrected chi connectivity index (χ4v) is 4.80. The Hall–Kier alpha value is -2.76. The van der Waals surface area contributed by atoms with E-state index in [0.29, 0.717) is 29.3 Å². The Morgan fingerprint density at radius 1 is 1.25 bits per heavy atom. The number of para-hydroxylation sites is 2. The number of thioether (sulfide) groups is 1. The number of benzene rings is 2. The van der Waals surface area contributed by atoms with Crippen LogP contribution in [0, 0.1) is 0 Å². The molecule has 9 nitrogen and oxygen atoms in total. The van der Waals surface area contributed by atoms with Gasteiger partial charge in [0.15, 0.2) is 5.58 Å². The van der Waals surface area contributed by atoms with E-state index >= 15 is 0 Å². The Bertz CT molecular complexity index is 1270. The number of ether oxygens (including phenoxy) is 1. The normalized spacial score (nSPS) is 12.6. The van der Waals surface area contributed by atoms with Gasteiger partial charge in [0, 0.05) is 13.1 Å². The molecule has 1 amide bonds. The van der Waals surface area contributed by atoms with Crippen molar-refractivity contribution in [3.63, 3.8) is 0 Å². The van der Waals surface area contributed by atoms with E-state index in [-0.39, 0.29) is 16.9 Å². The minimum Gasteiger partial charge on any atom is -0.492 e. The largest absolute Gasteiger partial charge is 0.492 e. The molecule has 0 saturated heterocycles. The molecule has 0 unspecified atom stereocenters. The highest BCUT2D eigenvalue weighted by atomic mass is 32.2. The molecule has 0 spiro atoms. The maximum absolute atomic E-state index is 13.0. The first-order valence-corrected chi connectivity index (χ1v) is 12.8. The number of hydrogen-bond acceptors (Lipinski definition) is 7. The zero-order valence-electron chi connectivity index (χ0n) is 18.0. The van der Waals surface area contributed by atoms with Crippen LogP contribution in [0.15, 0.2) is 56.6 Å². The van der Waals surface area contributed by atoms with Crippen molar-refractivity contribution >= 4 is 44.5 Å². The van der Waals surface area contributed by atoms with Crippen LogP contribution in [0.2, 0.25) is 0 Å². The van der Waals surface area contributed by atoms with Crippen molar-refractivity contribution in [2.45, 2.75) is 24.3 Å². The van der Waals surface area contributed by atoms with Crippen LogP contribution in [0.1, 0.15) is 13.3 Å². The van der Waals surface area contributed by atoms with Gasteiger partial charge in [-0.15, -0.1) is 0 Å². The average Bonchev–Trinajstić information content (AvgIpc) is 3.05. The smallest absolute Gasteiger partial charge is 0.419 e. The second-order valence-corrected chi connectivity index (χ2v) is 9.63. The number of carbonyl (C=O) groups excluding carboxylic acids is 1. The van der Waals surface area contributed by atoms with E-state index in [1.807, 2.05) is 13.2 Å². The highest BCUT2D eigenvalue weighted by molar-refractivity contribution is 7.98. The van der Waals surface area contributed by atoms with E-state index in [1.54, 1.807) is 24.3 Å². The van der Waals surface area contributed by atoms with Gasteiger partial charge in [-0.05, 0) is 49.6 Å². The molecule has 0 aliphatic carbocycles. The highest BCUT2D eigenvalue weighted by Gasteiger charge is 2.27. The van der Waals surface area contributed by atoms with Crippen molar-refractivity contribution in [2.75, 3.05) is 23.9 Å². The number of hydrogen-bond donors (Lipinski definition) is 2. The van der Waals surface area contributed by atoms with Gasteiger partial charge in [0.2, 0.25) is 15.9 Å². The third-order valence-electron chi connectivity index (χ3n) is 4.74. The summed E-state index contributed by atoms with van der Waals surface area (Å²) in [6.45, 7) is 2.26. The lowest BCUT2D eigenvalue weighted by Gasteiger charge is -2.19. The van der Waals surface area contributed by atoms with Gasteiger partial charge in [0.05, 0.1) is 22.7 Å². The van der Waals surface area contributed by atoms with Crippen LogP contribution in [-0.2, 0) is 21.9 Å². The molecule has 1 heterocycles. The third-order valence-corrected chi connectivity index (χ3v) is 6.86. The van der Waals surface area contributed by atoms with E-state index in [9.17, 15) is 18.0 Å². The molecule has 0 saturated carbocycles. The monoisotopic (exact) mass is 479 g/mol. The van der Waals surface area contributed by atoms with Crippen molar-refractivity contribution in [3.05, 3.63) is 53.0 Å². The number of nitrogens with zero attached hydrogens (tertiary/aromatic N) is 1. The van der Waals surface area contributed by atoms with Crippen LogP contribution < -0.4 is 20.5 Å². The summed E-state index contributed by atoms with van der Waals surface area (Å²) in [4.78, 5) is 24.6. The van der Waals surface area contributed by atoms with Crippen LogP contribution in [0.5, 0.6) is 5.75 Å². The average molecular weight is 480 g/mol. The molecule has 0 bridgehead atoms. The van der Waals surface area contributed by atoms with Gasteiger partial charge in [0.1, 0.15) is 11.8 Å². The molecule has 3 rings (SSSR count). The number of carbonyl (C=O) groups is 1. The van der Waals surface area contributed by atoms with E-state index in [2.05, 4.69) is 10.0 Å². The molecule has 2 aromatic carbocycles. The van der Waals surface area contributed by atoms with E-state index in [0.717, 1.165) is 0 Å². The third kappa shape index (κ3) is 5.34. The maximum atomic E-state index is 13.0. The van der Waals surface area contributed by atoms with Gasteiger partial charge in [-0.1, -0.05) is 12.1 Å². The summed E-state index contributed by atoms with van der Waals surface area (Å²) in [6, 6.07) is 10.1. The molecule has 172 valence electrons. The molecule has 1 aromatic heterocycles. The first kappa shape index (κ1) is 23.9. The molecular formula is C21H25N3O6S2. The van der Waals surface area contributed by atoms with E-state index in [1.165, 1.54) is 41.6 Å². The summed E-state index contributed by atoms with van der Waals surface area (Å²) in [5, 5.41) is 2.76. The molecule has 11 heteroatoms. The van der Waals surface area contributed by atoms with Gasteiger partial charge < -0.3 is 14.5 Å². The second kappa shape index (κ2) is 10.2. The lowest BCUT2D eigenvalue weighted by molar-refractivity contribution is -0.117. The highest BCUT2D eigenvalue weighted by Crippen LogP contribution is 2.24. The maximum Gasteiger partial charge on any atom is 0.419 e. The first-order valence-electron chi connectivity index (χ1n) is 9.90. The number of aryl methyl sites for hydroxylation is 1. The summed E-state index contributed by atoms with van der Waals surface area (Å²) >= 11 is 1.50. The van der Waals surface area contributed by atoms with Gasteiger partial charge >= 0.3 is 5.76 Å². The van der Waals surface area contributed by atoms with Gasteiger partial charge in [-0.2, -0.15) is 16.5 Å². The Labute approximate surface area is 190 Å². The molecule has 2 N–H and O–H groups in total. The van der Waals surface area contributed by atoms with Crippen molar-refractivity contribution < 1.29 is 22.4 Å². The van der Waals surface area contributed by atoms with Crippen molar-refractivity contribution in [1.29, 1.82) is 0 Å². The predicted molar refractivity (Wildman–Crippen MR) is 125 cm³/mol. The number of rotatable bonds is 10. The Morgan fingerprint density at radius 3 is 2.72 bits per heavy atom. The Balaban J connectivity index is 1.85. The van der Waals surface area contributed by atoms with Crippen molar-refractivity contribution in [3.8, 4) is 5.75 Å². The second-order valence-electron chi connectivity index (χ2n) is 6.93. The van der Waals surface area contributed by atoms with Gasteiger partial charge in [-0.3, -0.25) is 9.36 Å². The lowest BCUT2D eigenvalue weighted by atomic mass is 10.2. The standard InChI is InChI=1S/C21H25N3O6S2/c1-4-29-18-8-6-5-7-15(18)22-20(25)16(11-12-31-3)23-32(27,28)14-9-10-17-19(13-14)30-21(26)24(17)2/h5-10,13,16,23H,4,11-12H2,1-3H3,(H,22,25)/t16-/m1/s1. The lowest BCUT2D eigenvalue weighted by Crippen LogP contribution is -2.44. The SMILES string of the molecule is CCOc1ccccc1NC(=O)[C@@H](CCSC)NS(=O)(=O)c1ccc2c(c1)oc(=O)n2C. The van der Waals surface area contributed by atoms with E-state index < -0.39 is 27.7 Å². The Morgan fingerprint density at radius 2 is 2.00 bits per heavy atom. The van der Waals surface area contributed by atoms with Gasteiger partial charge in [0.25, 0.3) is 0 Å². The molecule has 0 aliphatic rings. The van der Waals surface area contributed by atoms with Crippen LogP contribution in [-0.4, -0.2) is 43.5 Å². The number of oxazole rings is 1. The summed E-state index contributed by atoms with van der Waals surface area (Å²) in [6.07, 6.45) is 2.16. The Kier molecular flexibility index (Phi) is 7.64. The fraction of sp³-hybridized carbons (Fsp3) is 0.333. The number of nitrogens with one attached hydrogen (secondary N) is 2. The van der Waals surface area contributed by atoms with Crippen LogP contribution in [0.25, 0.3) is 11.1 Å². The summed E-state index contributed by atoms with van der Waals surface area (Å²) in [5.74, 6) is -0.0190. The van der Waals surface area contributed by atoms with Crippen LogP contribution >= 0.6 is 11.8 Å². The number of aromatic nitrogens is 1. The first-order chi connectivity index (χ1) is 15.3. The minimum absolute atomic E-state index is 0.101. The van der Waals surface area contributed by atoms with Crippen molar-refractivity contribution in [1.82, 2.24) is 9.29 Å². The molecular weight excluding hydrogens is 454 g/mol. The number of amides is 1. The topological polar surface area (TPSA) is 120 Å². The predicted octanol–water partition coefficient (Wildman–Crippen LogP) is 2.57. The van der Waals surface area contributed by atoms with Gasteiger partial charge in [-0.25, -0.2) is 13.2 Å². The zero-order chi connectivity index (χ0) is 23.3. The number of fused-ring (bicyclic) bond motifs is 1. The summed E-state index contributed by atoms with van der Waals surface area (Å²) in [7, 11) is -2.53. The van der Waals surface area contributed by atoms with Crippen molar-refractivity contribution in [2.24, 2.45) is 7.05 Å². The summed E-state index contributed by atoms with van der Waals surface area (Å²) < 4.78 is 40.4. The van der Waals surface area contributed by atoms with Crippen LogP contribution in [0.4, 0.5) is 5.69 Å². The zero-order valence-corrected chi connectivity index (χ0v) is 19.6. The van der Waals surface area contributed by atoms with E-state index in [4.69, 9.17) is 9.15 Å². The molecule has 0 radical (unpaired) electrons. The number of sulfonamides is 1. The number of anilines is 1. The minimum atomic E-state index is -4.07. The molecule has 0 aliphatic heterocycles. The molecule has 32 heavy (non-hydrogen) atoms. The fourth-order valence-electron chi connectivity index (χ4n) is 3.09. The molecule has 0 fully saturated rings.